The smallest absolute Gasteiger partial charge is 0.410 e. The first-order valence-corrected chi connectivity index (χ1v) is 7.39. The molecule has 1 saturated heterocycles. The fourth-order valence-electron chi connectivity index (χ4n) is 2.53. The van der Waals surface area contributed by atoms with Gasteiger partial charge in [-0.25, -0.2) is 4.79 Å². The molecule has 6 nitrogen and oxygen atoms in total. The van der Waals surface area contributed by atoms with Crippen LogP contribution in [0.5, 0.6) is 0 Å². The average molecular weight is 293 g/mol. The molecular formula is C15H23N3O3. The van der Waals surface area contributed by atoms with E-state index in [0.29, 0.717) is 25.8 Å². The molecule has 2 amide bonds. The third-order valence-electron chi connectivity index (χ3n) is 3.77. The molecule has 0 spiro atoms. The Morgan fingerprint density at radius 3 is 2.48 bits per heavy atom. The lowest BCUT2D eigenvalue weighted by molar-refractivity contribution is -0.126. The summed E-state index contributed by atoms with van der Waals surface area (Å²) in [7, 11) is 0. The van der Waals surface area contributed by atoms with Crippen molar-refractivity contribution in [3.05, 3.63) is 0 Å². The Bertz CT molecular complexity index is 485. The van der Waals surface area contributed by atoms with E-state index in [1.807, 2.05) is 6.92 Å². The highest BCUT2D eigenvalue weighted by molar-refractivity contribution is 5.87. The van der Waals surface area contributed by atoms with Crippen LogP contribution in [0.1, 0.15) is 47.0 Å². The zero-order chi connectivity index (χ0) is 15.8. The van der Waals surface area contributed by atoms with Crippen LogP contribution in [0.25, 0.3) is 0 Å². The van der Waals surface area contributed by atoms with Crippen molar-refractivity contribution in [2.45, 2.75) is 64.1 Å². The lowest BCUT2D eigenvalue weighted by Gasteiger charge is -2.28. The Morgan fingerprint density at radius 2 is 2.00 bits per heavy atom. The third-order valence-corrected chi connectivity index (χ3v) is 3.77. The number of nitrogens with one attached hydrogen (secondary N) is 1. The van der Waals surface area contributed by atoms with Gasteiger partial charge in [0.1, 0.15) is 17.2 Å². The van der Waals surface area contributed by atoms with Crippen molar-refractivity contribution in [2.75, 3.05) is 6.54 Å². The first-order valence-electron chi connectivity index (χ1n) is 7.39. The molecule has 0 aromatic carbocycles. The SMILES string of the molecule is CC1CC(C(=O)NC2(C#N)CC2)N(C(=O)OC(C)(C)C)C1. The summed E-state index contributed by atoms with van der Waals surface area (Å²) < 4.78 is 5.36. The van der Waals surface area contributed by atoms with Gasteiger partial charge in [0.15, 0.2) is 0 Å². The van der Waals surface area contributed by atoms with E-state index in [-0.39, 0.29) is 11.8 Å². The molecule has 2 aliphatic rings. The first kappa shape index (κ1) is 15.6. The number of hydrogen-bond acceptors (Lipinski definition) is 4. The lowest BCUT2D eigenvalue weighted by Crippen LogP contribution is -2.50. The number of likely N-dealkylation sites (tertiary alicyclic amines) is 1. The van der Waals surface area contributed by atoms with Gasteiger partial charge < -0.3 is 10.1 Å². The van der Waals surface area contributed by atoms with Gasteiger partial charge in [0.05, 0.1) is 6.07 Å². The van der Waals surface area contributed by atoms with Gasteiger partial charge in [0.2, 0.25) is 5.91 Å². The molecule has 1 saturated carbocycles. The van der Waals surface area contributed by atoms with Crippen molar-refractivity contribution in [1.82, 2.24) is 10.2 Å². The second-order valence-electron chi connectivity index (χ2n) is 7.17. The summed E-state index contributed by atoms with van der Waals surface area (Å²) in [4.78, 5) is 26.1. The third kappa shape index (κ3) is 3.66. The standard InChI is InChI=1S/C15H23N3O3/c1-10-7-11(12(19)17-15(9-16)5-6-15)18(8-10)13(20)21-14(2,3)4/h10-11H,5-8H2,1-4H3,(H,17,19). The van der Waals surface area contributed by atoms with Crippen molar-refractivity contribution >= 4 is 12.0 Å². The molecule has 116 valence electrons. The summed E-state index contributed by atoms with van der Waals surface area (Å²) in [5.41, 5.74) is -1.29. The summed E-state index contributed by atoms with van der Waals surface area (Å²) in [6.45, 7) is 7.91. The zero-order valence-corrected chi connectivity index (χ0v) is 13.1. The van der Waals surface area contributed by atoms with E-state index in [0.717, 1.165) is 0 Å². The number of nitriles is 1. The van der Waals surface area contributed by atoms with Crippen molar-refractivity contribution in [1.29, 1.82) is 5.26 Å². The number of amides is 2. The highest BCUT2D eigenvalue weighted by Crippen LogP contribution is 2.35. The first-order chi connectivity index (χ1) is 9.66. The molecule has 0 aromatic heterocycles. The summed E-state index contributed by atoms with van der Waals surface area (Å²) >= 11 is 0. The van der Waals surface area contributed by atoms with E-state index in [4.69, 9.17) is 10.00 Å². The van der Waals surface area contributed by atoms with E-state index < -0.39 is 23.3 Å². The van der Waals surface area contributed by atoms with Crippen LogP contribution in [0.2, 0.25) is 0 Å². The van der Waals surface area contributed by atoms with Crippen LogP contribution in [0.15, 0.2) is 0 Å². The zero-order valence-electron chi connectivity index (χ0n) is 13.1. The van der Waals surface area contributed by atoms with E-state index >= 15 is 0 Å². The van der Waals surface area contributed by atoms with Gasteiger partial charge in [-0.15, -0.1) is 0 Å². The molecule has 1 aliphatic carbocycles. The Balaban J connectivity index is 2.04. The van der Waals surface area contributed by atoms with Crippen molar-refractivity contribution in [3.63, 3.8) is 0 Å². The fraction of sp³-hybridized carbons (Fsp3) is 0.800. The summed E-state index contributed by atoms with van der Waals surface area (Å²) in [5.74, 6) is -0.00485. The number of ether oxygens (including phenoxy) is 1. The highest BCUT2D eigenvalue weighted by Gasteiger charge is 2.48. The number of carbonyl (C=O) groups excluding carboxylic acids is 2. The maximum Gasteiger partial charge on any atom is 0.410 e. The minimum absolute atomic E-state index is 0.241. The average Bonchev–Trinajstić information content (AvgIpc) is 3.00. The Hall–Kier alpha value is -1.77. The van der Waals surface area contributed by atoms with Gasteiger partial charge in [-0.05, 0) is 46.0 Å². The molecule has 1 heterocycles. The minimum Gasteiger partial charge on any atom is -0.444 e. The van der Waals surface area contributed by atoms with Crippen LogP contribution in [0.3, 0.4) is 0 Å². The second kappa shape index (κ2) is 5.21. The summed E-state index contributed by atoms with van der Waals surface area (Å²) in [5, 5.41) is 11.8. The summed E-state index contributed by atoms with van der Waals surface area (Å²) in [6, 6.07) is 1.59. The van der Waals surface area contributed by atoms with E-state index in [2.05, 4.69) is 11.4 Å². The van der Waals surface area contributed by atoms with E-state index in [9.17, 15) is 9.59 Å². The molecule has 1 aliphatic heterocycles. The monoisotopic (exact) mass is 293 g/mol. The Labute approximate surface area is 125 Å². The van der Waals surface area contributed by atoms with Gasteiger partial charge in [0.25, 0.3) is 0 Å². The van der Waals surface area contributed by atoms with Gasteiger partial charge >= 0.3 is 6.09 Å². The topological polar surface area (TPSA) is 82.4 Å². The van der Waals surface area contributed by atoms with Gasteiger partial charge in [-0.1, -0.05) is 6.92 Å². The molecule has 1 N–H and O–H groups in total. The highest BCUT2D eigenvalue weighted by atomic mass is 16.6. The predicted octanol–water partition coefficient (Wildman–Crippen LogP) is 1.80. The number of hydrogen-bond donors (Lipinski definition) is 1. The number of rotatable bonds is 2. The van der Waals surface area contributed by atoms with Crippen LogP contribution >= 0.6 is 0 Å². The van der Waals surface area contributed by atoms with Crippen LogP contribution in [0.4, 0.5) is 4.79 Å². The summed E-state index contributed by atoms with van der Waals surface area (Å²) in [6.07, 6.45) is 1.51. The van der Waals surface area contributed by atoms with E-state index in [1.165, 1.54) is 4.90 Å². The Morgan fingerprint density at radius 1 is 1.38 bits per heavy atom. The molecule has 2 rings (SSSR count). The molecule has 2 unspecified atom stereocenters. The van der Waals surface area contributed by atoms with Crippen LogP contribution in [0, 0.1) is 17.2 Å². The van der Waals surface area contributed by atoms with Crippen LogP contribution in [-0.2, 0) is 9.53 Å². The maximum atomic E-state index is 12.4. The van der Waals surface area contributed by atoms with Gasteiger partial charge in [-0.2, -0.15) is 5.26 Å². The lowest BCUT2D eigenvalue weighted by atomic mass is 10.1. The van der Waals surface area contributed by atoms with Crippen molar-refractivity contribution < 1.29 is 14.3 Å². The molecule has 21 heavy (non-hydrogen) atoms. The van der Waals surface area contributed by atoms with Crippen LogP contribution in [-0.4, -0.2) is 40.6 Å². The molecular weight excluding hydrogens is 270 g/mol. The molecule has 2 fully saturated rings. The number of carbonyl (C=O) groups is 2. The van der Waals surface area contributed by atoms with E-state index in [1.54, 1.807) is 20.8 Å². The molecule has 0 aromatic rings. The number of nitrogens with zero attached hydrogens (tertiary/aromatic N) is 2. The van der Waals surface area contributed by atoms with Crippen molar-refractivity contribution in [2.24, 2.45) is 5.92 Å². The largest absolute Gasteiger partial charge is 0.444 e. The van der Waals surface area contributed by atoms with Crippen LogP contribution < -0.4 is 5.32 Å². The molecule has 0 radical (unpaired) electrons. The Kier molecular flexibility index (Phi) is 3.87. The minimum atomic E-state index is -0.706. The molecule has 6 heteroatoms. The fourth-order valence-corrected chi connectivity index (χ4v) is 2.53. The van der Waals surface area contributed by atoms with Gasteiger partial charge in [0, 0.05) is 6.54 Å². The quantitative estimate of drug-likeness (QED) is 0.841. The second-order valence-corrected chi connectivity index (χ2v) is 7.17. The normalized spacial score (nSPS) is 26.9. The van der Waals surface area contributed by atoms with Crippen molar-refractivity contribution in [3.8, 4) is 6.07 Å². The van der Waals surface area contributed by atoms with Gasteiger partial charge in [-0.3, -0.25) is 9.69 Å². The maximum absolute atomic E-state index is 12.4. The molecule has 2 atom stereocenters. The molecule has 0 bridgehead atoms. The predicted molar refractivity (Wildman–Crippen MR) is 76.2 cm³/mol.